The molecule has 0 aliphatic carbocycles. The number of amides is 1. The van der Waals surface area contributed by atoms with Crippen molar-refractivity contribution in [1.29, 1.82) is 0 Å². The smallest absolute Gasteiger partial charge is 0.232 e. The van der Waals surface area contributed by atoms with E-state index in [0.29, 0.717) is 11.8 Å². The van der Waals surface area contributed by atoms with Crippen LogP contribution in [0.25, 0.3) is 0 Å². The second kappa shape index (κ2) is 6.44. The molecule has 0 spiro atoms. The highest BCUT2D eigenvalue weighted by molar-refractivity contribution is 7.99. The van der Waals surface area contributed by atoms with Gasteiger partial charge in [0.05, 0.1) is 5.75 Å². The number of nitrogens with zero attached hydrogens (tertiary/aromatic N) is 2. The number of thioether (sulfide) groups is 1. The largest absolute Gasteiger partial charge is 0.343 e. The fourth-order valence-electron chi connectivity index (χ4n) is 2.57. The van der Waals surface area contributed by atoms with Crippen molar-refractivity contribution in [3.8, 4) is 0 Å². The van der Waals surface area contributed by atoms with Gasteiger partial charge in [0.15, 0.2) is 0 Å². The van der Waals surface area contributed by atoms with Crippen LogP contribution in [-0.4, -0.2) is 54.4 Å². The number of benzene rings is 1. The van der Waals surface area contributed by atoms with Crippen molar-refractivity contribution >= 4 is 17.7 Å². The molecule has 0 radical (unpaired) electrons. The molecule has 1 aliphatic heterocycles. The van der Waals surface area contributed by atoms with Gasteiger partial charge in [0.25, 0.3) is 0 Å². The van der Waals surface area contributed by atoms with Crippen molar-refractivity contribution in [3.63, 3.8) is 0 Å². The van der Waals surface area contributed by atoms with Crippen LogP contribution < -0.4 is 0 Å². The number of carbonyl (C=O) groups excluding carboxylic acids is 1. The molecule has 1 aliphatic rings. The maximum absolute atomic E-state index is 11.9. The standard InChI is InChI=1S/C15H22N2OS/c1-16-9-13-7-5-4-6-12(13)8-14(16)10-17(2)15(18)11-19-3/h4-7,14H,8-11H2,1-3H3/t14-/m0/s1. The van der Waals surface area contributed by atoms with Crippen LogP contribution in [-0.2, 0) is 17.8 Å². The Morgan fingerprint density at radius 2 is 2.11 bits per heavy atom. The van der Waals surface area contributed by atoms with E-state index in [9.17, 15) is 4.79 Å². The Kier molecular flexibility index (Phi) is 4.88. The first-order valence-electron chi connectivity index (χ1n) is 6.61. The van der Waals surface area contributed by atoms with Gasteiger partial charge < -0.3 is 4.90 Å². The molecule has 0 unspecified atom stereocenters. The van der Waals surface area contributed by atoms with Crippen molar-refractivity contribution in [2.24, 2.45) is 0 Å². The fourth-order valence-corrected chi connectivity index (χ4v) is 3.04. The van der Waals surface area contributed by atoms with Gasteiger partial charge in [-0.1, -0.05) is 24.3 Å². The first-order valence-corrected chi connectivity index (χ1v) is 8.01. The molecule has 0 saturated carbocycles. The molecule has 19 heavy (non-hydrogen) atoms. The molecule has 0 fully saturated rings. The number of carbonyl (C=O) groups is 1. The maximum Gasteiger partial charge on any atom is 0.232 e. The van der Waals surface area contributed by atoms with Crippen LogP contribution in [0.3, 0.4) is 0 Å². The van der Waals surface area contributed by atoms with Crippen LogP contribution >= 0.6 is 11.8 Å². The third-order valence-electron chi connectivity index (χ3n) is 3.80. The summed E-state index contributed by atoms with van der Waals surface area (Å²) in [6, 6.07) is 9.03. The summed E-state index contributed by atoms with van der Waals surface area (Å²) in [6.07, 6.45) is 3.00. The predicted molar refractivity (Wildman–Crippen MR) is 81.4 cm³/mol. The highest BCUT2D eigenvalue weighted by Gasteiger charge is 2.25. The van der Waals surface area contributed by atoms with Crippen LogP contribution in [0.1, 0.15) is 11.1 Å². The molecular formula is C15H22N2OS. The first-order chi connectivity index (χ1) is 9.11. The van der Waals surface area contributed by atoms with Gasteiger partial charge in [-0.3, -0.25) is 9.69 Å². The molecule has 4 heteroatoms. The molecular weight excluding hydrogens is 256 g/mol. The normalized spacial score (nSPS) is 19.0. The summed E-state index contributed by atoms with van der Waals surface area (Å²) < 4.78 is 0. The molecule has 2 rings (SSSR count). The van der Waals surface area contributed by atoms with E-state index in [2.05, 4.69) is 36.2 Å². The van der Waals surface area contributed by atoms with Gasteiger partial charge >= 0.3 is 0 Å². The quantitative estimate of drug-likeness (QED) is 0.840. The van der Waals surface area contributed by atoms with E-state index < -0.39 is 0 Å². The lowest BCUT2D eigenvalue weighted by molar-refractivity contribution is -0.127. The summed E-state index contributed by atoms with van der Waals surface area (Å²) in [6.45, 7) is 1.79. The number of fused-ring (bicyclic) bond motifs is 1. The molecule has 3 nitrogen and oxygen atoms in total. The van der Waals surface area contributed by atoms with E-state index in [0.717, 1.165) is 19.5 Å². The Bertz CT molecular complexity index is 450. The van der Waals surface area contributed by atoms with Crippen LogP contribution in [0.2, 0.25) is 0 Å². The van der Waals surface area contributed by atoms with Gasteiger partial charge in [0.1, 0.15) is 0 Å². The average molecular weight is 278 g/mol. The Balaban J connectivity index is 2.00. The first kappa shape index (κ1) is 14.4. The van der Waals surface area contributed by atoms with Crippen molar-refractivity contribution < 1.29 is 4.79 Å². The van der Waals surface area contributed by atoms with Gasteiger partial charge in [-0.25, -0.2) is 0 Å². The van der Waals surface area contributed by atoms with Crippen LogP contribution in [0.5, 0.6) is 0 Å². The highest BCUT2D eigenvalue weighted by Crippen LogP contribution is 2.22. The lowest BCUT2D eigenvalue weighted by Gasteiger charge is -2.36. The Morgan fingerprint density at radius 1 is 1.42 bits per heavy atom. The zero-order valence-corrected chi connectivity index (χ0v) is 12.7. The predicted octanol–water partition coefficient (Wildman–Crippen LogP) is 1.86. The molecule has 1 aromatic rings. The maximum atomic E-state index is 11.9. The monoisotopic (exact) mass is 278 g/mol. The summed E-state index contributed by atoms with van der Waals surface area (Å²) in [7, 11) is 4.06. The van der Waals surface area contributed by atoms with Crippen molar-refractivity contribution in [2.75, 3.05) is 32.6 Å². The summed E-state index contributed by atoms with van der Waals surface area (Å²) in [5.41, 5.74) is 2.84. The summed E-state index contributed by atoms with van der Waals surface area (Å²) in [5.74, 6) is 0.795. The number of hydrogen-bond acceptors (Lipinski definition) is 3. The SMILES string of the molecule is CSCC(=O)N(C)C[C@@H]1Cc2ccccc2CN1C. The topological polar surface area (TPSA) is 23.6 Å². The Morgan fingerprint density at radius 3 is 2.79 bits per heavy atom. The molecule has 104 valence electrons. The van der Waals surface area contributed by atoms with E-state index in [4.69, 9.17) is 0 Å². The van der Waals surface area contributed by atoms with Gasteiger partial charge in [0, 0.05) is 26.2 Å². The third-order valence-corrected chi connectivity index (χ3v) is 4.33. The minimum absolute atomic E-state index is 0.222. The summed E-state index contributed by atoms with van der Waals surface area (Å²) in [5, 5.41) is 0. The summed E-state index contributed by atoms with van der Waals surface area (Å²) in [4.78, 5) is 16.1. The van der Waals surface area contributed by atoms with Gasteiger partial charge in [-0.15, -0.1) is 0 Å². The summed E-state index contributed by atoms with van der Waals surface area (Å²) >= 11 is 1.58. The third kappa shape index (κ3) is 3.51. The van der Waals surface area contributed by atoms with E-state index in [1.165, 1.54) is 11.1 Å². The van der Waals surface area contributed by atoms with Crippen LogP contribution in [0, 0.1) is 0 Å². The van der Waals surface area contributed by atoms with Crippen molar-refractivity contribution in [1.82, 2.24) is 9.80 Å². The van der Waals surface area contributed by atoms with E-state index in [-0.39, 0.29) is 5.91 Å². The van der Waals surface area contributed by atoms with Crippen molar-refractivity contribution in [3.05, 3.63) is 35.4 Å². The molecule has 1 amide bonds. The Labute approximate surface area is 120 Å². The van der Waals surface area contributed by atoms with Crippen LogP contribution in [0.15, 0.2) is 24.3 Å². The highest BCUT2D eigenvalue weighted by atomic mass is 32.2. The second-order valence-corrected chi connectivity index (χ2v) is 6.12. The number of rotatable bonds is 4. The molecule has 1 heterocycles. The minimum Gasteiger partial charge on any atom is -0.343 e. The molecule has 1 atom stereocenters. The number of hydrogen-bond donors (Lipinski definition) is 0. The van der Waals surface area contributed by atoms with Gasteiger partial charge in [-0.2, -0.15) is 11.8 Å². The van der Waals surface area contributed by atoms with E-state index >= 15 is 0 Å². The second-order valence-electron chi connectivity index (χ2n) is 5.25. The zero-order chi connectivity index (χ0) is 13.8. The Hall–Kier alpha value is -1.00. The average Bonchev–Trinajstić information content (AvgIpc) is 2.39. The van der Waals surface area contributed by atoms with E-state index in [1.54, 1.807) is 11.8 Å². The molecule has 1 aromatic carbocycles. The molecule has 0 saturated heterocycles. The molecule has 0 N–H and O–H groups in total. The van der Waals surface area contributed by atoms with Crippen molar-refractivity contribution in [2.45, 2.75) is 19.0 Å². The van der Waals surface area contributed by atoms with Crippen LogP contribution in [0.4, 0.5) is 0 Å². The van der Waals surface area contributed by atoms with Gasteiger partial charge in [-0.05, 0) is 30.9 Å². The molecule has 0 bridgehead atoms. The minimum atomic E-state index is 0.222. The lowest BCUT2D eigenvalue weighted by Crippen LogP contribution is -2.46. The zero-order valence-electron chi connectivity index (χ0n) is 11.9. The van der Waals surface area contributed by atoms with E-state index in [1.807, 2.05) is 18.2 Å². The lowest BCUT2D eigenvalue weighted by atomic mass is 9.94. The fraction of sp³-hybridized carbons (Fsp3) is 0.533. The van der Waals surface area contributed by atoms with Gasteiger partial charge in [0.2, 0.25) is 5.91 Å². The number of likely N-dealkylation sites (N-methyl/N-ethyl adjacent to an activating group) is 2. The molecule has 0 aromatic heterocycles.